The van der Waals surface area contributed by atoms with Gasteiger partial charge in [-0.1, -0.05) is 5.16 Å². The molecule has 9 nitrogen and oxygen atoms in total. The summed E-state index contributed by atoms with van der Waals surface area (Å²) in [7, 11) is 1.70. The first-order valence-corrected chi connectivity index (χ1v) is 10.4. The largest absolute Gasteiger partial charge is 0.385 e. The fourth-order valence-corrected chi connectivity index (χ4v) is 4.33. The van der Waals surface area contributed by atoms with Crippen molar-refractivity contribution in [2.75, 3.05) is 40.0 Å². The maximum absolute atomic E-state index is 12.9. The van der Waals surface area contributed by atoms with E-state index in [2.05, 4.69) is 10.3 Å². The van der Waals surface area contributed by atoms with Crippen LogP contribution in [-0.2, 0) is 26.2 Å². The average Bonchev–Trinajstić information content (AvgIpc) is 3.46. The molecule has 29 heavy (non-hydrogen) atoms. The third kappa shape index (κ3) is 4.51. The van der Waals surface area contributed by atoms with Gasteiger partial charge in [0.05, 0.1) is 5.41 Å². The summed E-state index contributed by atoms with van der Waals surface area (Å²) in [4.78, 5) is 19.6. The Morgan fingerprint density at radius 1 is 1.38 bits per heavy atom. The van der Waals surface area contributed by atoms with Gasteiger partial charge >= 0.3 is 0 Å². The summed E-state index contributed by atoms with van der Waals surface area (Å²) < 4.78 is 18.1. The van der Waals surface area contributed by atoms with E-state index in [1.54, 1.807) is 24.2 Å². The fourth-order valence-electron chi connectivity index (χ4n) is 4.33. The Morgan fingerprint density at radius 3 is 3.00 bits per heavy atom. The molecule has 2 saturated heterocycles. The third-order valence-corrected chi connectivity index (χ3v) is 6.06. The lowest BCUT2D eigenvalue weighted by Crippen LogP contribution is -2.50. The lowest BCUT2D eigenvalue weighted by atomic mass is 9.76. The second kappa shape index (κ2) is 9.04. The summed E-state index contributed by atoms with van der Waals surface area (Å²) in [6, 6.07) is 1.82. The van der Waals surface area contributed by atoms with Crippen LogP contribution in [0.2, 0.25) is 0 Å². The third-order valence-electron chi connectivity index (χ3n) is 6.06. The standard InChI is InChI=1S/C20H29N5O4/c1-27-13-7-20(19-22-18(29-23-19)16-4-11-28-12-5-16)6-2-9-24(15-20)17(26)14-25-10-3-8-21-25/h3,8,10,16H,2,4-7,9,11-15H2,1H3. The van der Waals surface area contributed by atoms with Gasteiger partial charge in [0.25, 0.3) is 0 Å². The van der Waals surface area contributed by atoms with Gasteiger partial charge in [0, 0.05) is 58.3 Å². The second-order valence-corrected chi connectivity index (χ2v) is 7.99. The van der Waals surface area contributed by atoms with Crippen LogP contribution >= 0.6 is 0 Å². The smallest absolute Gasteiger partial charge is 0.244 e. The molecule has 0 aliphatic carbocycles. The number of hydrogen-bond donors (Lipinski definition) is 0. The molecule has 158 valence electrons. The molecular weight excluding hydrogens is 374 g/mol. The van der Waals surface area contributed by atoms with Crippen LogP contribution < -0.4 is 0 Å². The SMILES string of the molecule is COCCC1(c2noc(C3CCOCC3)n2)CCCN(C(=O)Cn2cccn2)C1. The van der Waals surface area contributed by atoms with Crippen LogP contribution in [-0.4, -0.2) is 70.7 Å². The van der Waals surface area contributed by atoms with Gasteiger partial charge < -0.3 is 18.9 Å². The number of amides is 1. The number of methoxy groups -OCH3 is 1. The second-order valence-electron chi connectivity index (χ2n) is 7.99. The van der Waals surface area contributed by atoms with Gasteiger partial charge in [0.15, 0.2) is 5.82 Å². The minimum atomic E-state index is -0.346. The summed E-state index contributed by atoms with van der Waals surface area (Å²) in [6.07, 6.45) is 7.86. The van der Waals surface area contributed by atoms with Crippen molar-refractivity contribution in [2.24, 2.45) is 0 Å². The summed E-state index contributed by atoms with van der Waals surface area (Å²) >= 11 is 0. The predicted octanol–water partition coefficient (Wildman–Crippen LogP) is 1.76. The summed E-state index contributed by atoms with van der Waals surface area (Å²) in [5, 5.41) is 8.52. The predicted molar refractivity (Wildman–Crippen MR) is 103 cm³/mol. The van der Waals surface area contributed by atoms with Gasteiger partial charge in [-0.15, -0.1) is 0 Å². The molecule has 0 spiro atoms. The van der Waals surface area contributed by atoms with E-state index in [1.165, 1.54) is 0 Å². The lowest BCUT2D eigenvalue weighted by Gasteiger charge is -2.41. The summed E-state index contributed by atoms with van der Waals surface area (Å²) in [5.41, 5.74) is -0.346. The molecule has 2 aromatic heterocycles. The van der Waals surface area contributed by atoms with Crippen LogP contribution in [0.3, 0.4) is 0 Å². The molecule has 0 radical (unpaired) electrons. The molecule has 0 N–H and O–H groups in total. The van der Waals surface area contributed by atoms with E-state index < -0.39 is 0 Å². The van der Waals surface area contributed by atoms with Crippen molar-refractivity contribution in [3.8, 4) is 0 Å². The summed E-state index contributed by atoms with van der Waals surface area (Å²) in [5.74, 6) is 1.71. The van der Waals surface area contributed by atoms with Crippen molar-refractivity contribution in [1.82, 2.24) is 24.8 Å². The Hall–Kier alpha value is -2.26. The highest BCUT2D eigenvalue weighted by molar-refractivity contribution is 5.76. The maximum Gasteiger partial charge on any atom is 0.244 e. The quantitative estimate of drug-likeness (QED) is 0.695. The number of rotatable bonds is 7. The van der Waals surface area contributed by atoms with Gasteiger partial charge in [-0.2, -0.15) is 10.1 Å². The van der Waals surface area contributed by atoms with Crippen LogP contribution in [0.4, 0.5) is 0 Å². The number of aromatic nitrogens is 4. The van der Waals surface area contributed by atoms with Crippen LogP contribution in [0.15, 0.2) is 23.0 Å². The lowest BCUT2D eigenvalue weighted by molar-refractivity contribution is -0.134. The van der Waals surface area contributed by atoms with Crippen LogP contribution in [0.5, 0.6) is 0 Å². The van der Waals surface area contributed by atoms with E-state index in [4.69, 9.17) is 19.0 Å². The van der Waals surface area contributed by atoms with E-state index in [0.29, 0.717) is 24.9 Å². The van der Waals surface area contributed by atoms with Crippen LogP contribution in [0.25, 0.3) is 0 Å². The Morgan fingerprint density at radius 2 is 2.24 bits per heavy atom. The van der Waals surface area contributed by atoms with Crippen LogP contribution in [0.1, 0.15) is 49.7 Å². The minimum absolute atomic E-state index is 0.0586. The number of piperidine rings is 1. The molecule has 9 heteroatoms. The molecule has 0 aromatic carbocycles. The number of ether oxygens (including phenoxy) is 2. The van der Waals surface area contributed by atoms with Crippen molar-refractivity contribution < 1.29 is 18.8 Å². The molecule has 2 fully saturated rings. The number of likely N-dealkylation sites (tertiary alicyclic amines) is 1. The highest BCUT2D eigenvalue weighted by Gasteiger charge is 2.42. The van der Waals surface area contributed by atoms with Crippen molar-refractivity contribution in [1.29, 1.82) is 0 Å². The zero-order valence-electron chi connectivity index (χ0n) is 17.0. The van der Waals surface area contributed by atoms with Crippen molar-refractivity contribution in [3.63, 3.8) is 0 Å². The van der Waals surface area contributed by atoms with E-state index in [0.717, 1.165) is 51.9 Å². The van der Waals surface area contributed by atoms with E-state index in [1.807, 2.05) is 11.0 Å². The molecule has 4 rings (SSSR count). The zero-order valence-corrected chi connectivity index (χ0v) is 17.0. The Balaban J connectivity index is 1.52. The molecule has 2 aromatic rings. The van der Waals surface area contributed by atoms with Crippen LogP contribution in [0, 0.1) is 0 Å². The summed E-state index contributed by atoms with van der Waals surface area (Å²) in [6.45, 7) is 3.60. The number of nitrogens with zero attached hydrogens (tertiary/aromatic N) is 5. The first kappa shape index (κ1) is 20.0. The molecule has 1 amide bonds. The minimum Gasteiger partial charge on any atom is -0.385 e. The topological polar surface area (TPSA) is 95.5 Å². The Kier molecular flexibility index (Phi) is 6.25. The van der Waals surface area contributed by atoms with Gasteiger partial charge in [0.1, 0.15) is 6.54 Å². The average molecular weight is 403 g/mol. The molecule has 4 heterocycles. The molecule has 1 unspecified atom stereocenters. The zero-order chi connectivity index (χ0) is 20.1. The van der Waals surface area contributed by atoms with Crippen molar-refractivity contribution in [2.45, 2.75) is 50.0 Å². The first-order valence-electron chi connectivity index (χ1n) is 10.4. The highest BCUT2D eigenvalue weighted by Crippen LogP contribution is 2.37. The van der Waals surface area contributed by atoms with Gasteiger partial charge in [0.2, 0.25) is 11.8 Å². The number of carbonyl (C=O) groups excluding carboxylic acids is 1. The maximum atomic E-state index is 12.9. The first-order chi connectivity index (χ1) is 14.2. The molecule has 1 atom stereocenters. The monoisotopic (exact) mass is 403 g/mol. The normalized spacial score (nSPS) is 23.4. The van der Waals surface area contributed by atoms with Crippen molar-refractivity contribution in [3.05, 3.63) is 30.2 Å². The molecule has 0 bridgehead atoms. The Bertz CT molecular complexity index is 787. The van der Waals surface area contributed by atoms with E-state index in [-0.39, 0.29) is 23.8 Å². The highest BCUT2D eigenvalue weighted by atomic mass is 16.5. The fraction of sp³-hybridized carbons (Fsp3) is 0.700. The molecule has 0 saturated carbocycles. The molecular formula is C20H29N5O4. The Labute approximate surface area is 170 Å². The molecule has 2 aliphatic rings. The molecule has 2 aliphatic heterocycles. The van der Waals surface area contributed by atoms with E-state index in [9.17, 15) is 4.79 Å². The number of carbonyl (C=O) groups is 1. The van der Waals surface area contributed by atoms with E-state index >= 15 is 0 Å². The number of hydrogen-bond acceptors (Lipinski definition) is 7. The van der Waals surface area contributed by atoms with Gasteiger partial charge in [-0.05, 0) is 38.2 Å². The van der Waals surface area contributed by atoms with Crippen molar-refractivity contribution >= 4 is 5.91 Å². The van der Waals surface area contributed by atoms with Gasteiger partial charge in [-0.3, -0.25) is 9.48 Å². The van der Waals surface area contributed by atoms with Gasteiger partial charge in [-0.25, -0.2) is 0 Å².